The molecule has 1 aliphatic rings. The van der Waals surface area contributed by atoms with Crippen molar-refractivity contribution in [2.75, 3.05) is 6.61 Å². The minimum absolute atomic E-state index is 0.201. The molecule has 3 nitrogen and oxygen atoms in total. The fourth-order valence-electron chi connectivity index (χ4n) is 2.10. The average molecular weight is 184 g/mol. The van der Waals surface area contributed by atoms with E-state index in [0.29, 0.717) is 12.0 Å². The van der Waals surface area contributed by atoms with Crippen LogP contribution >= 0.6 is 0 Å². The second kappa shape index (κ2) is 4.74. The van der Waals surface area contributed by atoms with E-state index in [0.717, 1.165) is 25.0 Å². The Morgan fingerprint density at radius 3 is 2.92 bits per heavy atom. The van der Waals surface area contributed by atoms with Crippen molar-refractivity contribution in [3.63, 3.8) is 0 Å². The van der Waals surface area contributed by atoms with Crippen LogP contribution in [-0.2, 0) is 4.74 Å². The Kier molecular flexibility index (Phi) is 3.90. The van der Waals surface area contributed by atoms with Crippen molar-refractivity contribution < 1.29 is 4.74 Å². The van der Waals surface area contributed by atoms with E-state index in [1.54, 1.807) is 0 Å². The van der Waals surface area contributed by atoms with Gasteiger partial charge in [0.2, 0.25) is 0 Å². The monoisotopic (exact) mass is 184 g/mol. The summed E-state index contributed by atoms with van der Waals surface area (Å²) in [5.74, 6) is 6.00. The normalized spacial score (nSPS) is 30.4. The standard InChI is InChI=1S/C10H20N2O/c1-4-9-8(5-6-13-9)10(12-11)7(2)3/h8-10,12H,2,4-6,11H2,1,3H3. The molecule has 0 radical (unpaired) electrons. The van der Waals surface area contributed by atoms with E-state index in [9.17, 15) is 0 Å². The average Bonchev–Trinajstić information content (AvgIpc) is 2.53. The molecule has 3 atom stereocenters. The predicted octanol–water partition coefficient (Wildman–Crippen LogP) is 1.21. The van der Waals surface area contributed by atoms with Gasteiger partial charge in [-0.3, -0.25) is 11.3 Å². The van der Waals surface area contributed by atoms with Gasteiger partial charge >= 0.3 is 0 Å². The first-order valence-corrected chi connectivity index (χ1v) is 4.93. The van der Waals surface area contributed by atoms with E-state index in [2.05, 4.69) is 18.9 Å². The zero-order valence-electron chi connectivity index (χ0n) is 8.55. The Bertz CT molecular complexity index is 182. The summed E-state index contributed by atoms with van der Waals surface area (Å²) in [5, 5.41) is 0. The van der Waals surface area contributed by atoms with E-state index in [-0.39, 0.29) is 6.04 Å². The molecule has 1 rings (SSSR count). The molecule has 3 N–H and O–H groups in total. The van der Waals surface area contributed by atoms with Crippen LogP contribution in [0.1, 0.15) is 26.7 Å². The van der Waals surface area contributed by atoms with Gasteiger partial charge in [0.1, 0.15) is 0 Å². The molecule has 0 aromatic heterocycles. The van der Waals surface area contributed by atoms with Crippen molar-refractivity contribution in [1.82, 2.24) is 5.43 Å². The molecule has 0 saturated carbocycles. The maximum atomic E-state index is 5.61. The second-order valence-corrected chi connectivity index (χ2v) is 3.76. The second-order valence-electron chi connectivity index (χ2n) is 3.76. The molecule has 0 bridgehead atoms. The highest BCUT2D eigenvalue weighted by atomic mass is 16.5. The third-order valence-electron chi connectivity index (χ3n) is 2.80. The van der Waals surface area contributed by atoms with Crippen molar-refractivity contribution in [3.05, 3.63) is 12.2 Å². The number of hydrazine groups is 1. The van der Waals surface area contributed by atoms with Gasteiger partial charge in [0, 0.05) is 18.6 Å². The van der Waals surface area contributed by atoms with Gasteiger partial charge in [-0.25, -0.2) is 0 Å². The maximum Gasteiger partial charge on any atom is 0.0620 e. The third-order valence-corrected chi connectivity index (χ3v) is 2.80. The van der Waals surface area contributed by atoms with Crippen LogP contribution in [0.25, 0.3) is 0 Å². The molecule has 0 aliphatic carbocycles. The SMILES string of the molecule is C=C(C)C(NN)C1CCOC1CC. The first-order chi connectivity index (χ1) is 6.20. The molecule has 0 aromatic rings. The number of ether oxygens (including phenoxy) is 1. The predicted molar refractivity (Wildman–Crippen MR) is 54.1 cm³/mol. The largest absolute Gasteiger partial charge is 0.378 e. The fraction of sp³-hybridized carbons (Fsp3) is 0.800. The quantitative estimate of drug-likeness (QED) is 0.392. The Morgan fingerprint density at radius 1 is 1.77 bits per heavy atom. The summed E-state index contributed by atoms with van der Waals surface area (Å²) in [5.41, 5.74) is 3.92. The number of hydrogen-bond donors (Lipinski definition) is 2. The smallest absolute Gasteiger partial charge is 0.0620 e. The molecule has 13 heavy (non-hydrogen) atoms. The van der Waals surface area contributed by atoms with E-state index in [4.69, 9.17) is 10.6 Å². The van der Waals surface area contributed by atoms with Gasteiger partial charge in [-0.2, -0.15) is 0 Å². The molecule has 3 heteroatoms. The molecule has 1 heterocycles. The topological polar surface area (TPSA) is 47.3 Å². The first kappa shape index (κ1) is 10.7. The van der Waals surface area contributed by atoms with Crippen molar-refractivity contribution >= 4 is 0 Å². The van der Waals surface area contributed by atoms with Crippen molar-refractivity contribution in [2.24, 2.45) is 11.8 Å². The molecule has 0 spiro atoms. The van der Waals surface area contributed by atoms with E-state index < -0.39 is 0 Å². The highest BCUT2D eigenvalue weighted by Crippen LogP contribution is 2.28. The van der Waals surface area contributed by atoms with Crippen molar-refractivity contribution in [2.45, 2.75) is 38.8 Å². The summed E-state index contributed by atoms with van der Waals surface area (Å²) >= 11 is 0. The van der Waals surface area contributed by atoms with Crippen LogP contribution < -0.4 is 11.3 Å². The van der Waals surface area contributed by atoms with Crippen LogP contribution in [0.2, 0.25) is 0 Å². The third kappa shape index (κ3) is 2.30. The van der Waals surface area contributed by atoms with Gasteiger partial charge < -0.3 is 4.74 Å². The summed E-state index contributed by atoms with van der Waals surface area (Å²) in [6.07, 6.45) is 2.48. The summed E-state index contributed by atoms with van der Waals surface area (Å²) < 4.78 is 5.61. The Labute approximate surface area is 80.3 Å². The number of rotatable bonds is 4. The minimum atomic E-state index is 0.201. The van der Waals surface area contributed by atoms with Gasteiger partial charge in [-0.1, -0.05) is 19.1 Å². The van der Waals surface area contributed by atoms with Crippen molar-refractivity contribution in [3.8, 4) is 0 Å². The lowest BCUT2D eigenvalue weighted by Gasteiger charge is -2.26. The van der Waals surface area contributed by atoms with E-state index in [1.807, 2.05) is 6.92 Å². The van der Waals surface area contributed by atoms with Crippen LogP contribution in [0, 0.1) is 5.92 Å². The van der Waals surface area contributed by atoms with E-state index in [1.165, 1.54) is 0 Å². The van der Waals surface area contributed by atoms with Crippen molar-refractivity contribution in [1.29, 1.82) is 0 Å². The molecular weight excluding hydrogens is 164 g/mol. The van der Waals surface area contributed by atoms with Gasteiger partial charge in [-0.15, -0.1) is 0 Å². The molecule has 76 valence electrons. The van der Waals surface area contributed by atoms with Crippen LogP contribution in [0.4, 0.5) is 0 Å². The minimum Gasteiger partial charge on any atom is -0.378 e. The molecular formula is C10H20N2O. The summed E-state index contributed by atoms with van der Waals surface area (Å²) in [7, 11) is 0. The molecule has 1 saturated heterocycles. The number of nitrogens with two attached hydrogens (primary N) is 1. The van der Waals surface area contributed by atoms with Crippen LogP contribution in [0.3, 0.4) is 0 Å². The van der Waals surface area contributed by atoms with Crippen LogP contribution in [-0.4, -0.2) is 18.8 Å². The maximum absolute atomic E-state index is 5.61. The lowest BCUT2D eigenvalue weighted by atomic mass is 9.88. The highest BCUT2D eigenvalue weighted by Gasteiger charge is 2.33. The van der Waals surface area contributed by atoms with Gasteiger partial charge in [-0.05, 0) is 19.8 Å². The summed E-state index contributed by atoms with van der Waals surface area (Å²) in [6, 6.07) is 0.201. The summed E-state index contributed by atoms with van der Waals surface area (Å²) in [6.45, 7) is 8.95. The lowest BCUT2D eigenvalue weighted by Crippen LogP contribution is -2.44. The zero-order chi connectivity index (χ0) is 9.84. The van der Waals surface area contributed by atoms with Crippen LogP contribution in [0.15, 0.2) is 12.2 Å². The molecule has 1 fully saturated rings. The van der Waals surface area contributed by atoms with E-state index >= 15 is 0 Å². The Hall–Kier alpha value is -0.380. The molecule has 1 aliphatic heterocycles. The number of nitrogens with one attached hydrogen (secondary N) is 1. The molecule has 0 amide bonds. The Morgan fingerprint density at radius 2 is 2.46 bits per heavy atom. The van der Waals surface area contributed by atoms with Gasteiger partial charge in [0.05, 0.1) is 6.10 Å². The molecule has 0 aromatic carbocycles. The Balaban J connectivity index is 2.61. The lowest BCUT2D eigenvalue weighted by molar-refractivity contribution is 0.0809. The fourth-order valence-corrected chi connectivity index (χ4v) is 2.10. The highest BCUT2D eigenvalue weighted by molar-refractivity contribution is 5.06. The molecule has 3 unspecified atom stereocenters. The first-order valence-electron chi connectivity index (χ1n) is 4.93. The van der Waals surface area contributed by atoms with Gasteiger partial charge in [0.25, 0.3) is 0 Å². The van der Waals surface area contributed by atoms with Crippen LogP contribution in [0.5, 0.6) is 0 Å². The van der Waals surface area contributed by atoms with Gasteiger partial charge in [0.15, 0.2) is 0 Å². The summed E-state index contributed by atoms with van der Waals surface area (Å²) in [4.78, 5) is 0. The number of hydrogen-bond acceptors (Lipinski definition) is 3. The zero-order valence-corrected chi connectivity index (χ0v) is 8.55.